The summed E-state index contributed by atoms with van der Waals surface area (Å²) in [6.45, 7) is 2.20. The minimum atomic E-state index is -1.03. The number of rotatable bonds is 3. The molecular formula is C10H10N2O2. The quantitative estimate of drug-likeness (QED) is 0.703. The molecule has 0 aliphatic rings. The van der Waals surface area contributed by atoms with Crippen LogP contribution in [0.2, 0.25) is 0 Å². The van der Waals surface area contributed by atoms with Gasteiger partial charge in [0.15, 0.2) is 5.69 Å². The number of nitrogens with zero attached hydrogens (tertiary/aromatic N) is 1. The number of aromatic nitrogens is 1. The number of anilines is 1. The highest BCUT2D eigenvalue weighted by Gasteiger charge is 2.03. The van der Waals surface area contributed by atoms with E-state index >= 15 is 0 Å². The fraction of sp³-hybridized carbons (Fsp3) is 0.200. The van der Waals surface area contributed by atoms with E-state index in [-0.39, 0.29) is 5.69 Å². The van der Waals surface area contributed by atoms with Crippen molar-refractivity contribution in [3.8, 4) is 11.8 Å². The maximum atomic E-state index is 10.6. The summed E-state index contributed by atoms with van der Waals surface area (Å²) in [4.78, 5) is 14.4. The van der Waals surface area contributed by atoms with Crippen LogP contribution in [0.3, 0.4) is 0 Å². The first kappa shape index (κ1) is 10.1. The molecule has 2 N–H and O–H groups in total. The molecule has 0 amide bonds. The van der Waals surface area contributed by atoms with E-state index in [0.29, 0.717) is 12.4 Å². The summed E-state index contributed by atoms with van der Waals surface area (Å²) in [7, 11) is 0. The minimum absolute atomic E-state index is 0.0273. The van der Waals surface area contributed by atoms with Gasteiger partial charge in [0.1, 0.15) is 5.82 Å². The molecule has 0 aliphatic heterocycles. The van der Waals surface area contributed by atoms with Crippen LogP contribution in [0, 0.1) is 11.8 Å². The molecule has 0 fully saturated rings. The molecule has 0 saturated carbocycles. The van der Waals surface area contributed by atoms with Gasteiger partial charge in [0, 0.05) is 0 Å². The van der Waals surface area contributed by atoms with Crippen LogP contribution in [-0.4, -0.2) is 22.6 Å². The third-order valence-corrected chi connectivity index (χ3v) is 1.50. The molecule has 14 heavy (non-hydrogen) atoms. The van der Waals surface area contributed by atoms with Gasteiger partial charge >= 0.3 is 5.97 Å². The molecule has 0 aromatic carbocycles. The molecule has 0 radical (unpaired) electrons. The van der Waals surface area contributed by atoms with Crippen molar-refractivity contribution in [2.45, 2.75) is 6.92 Å². The standard InChI is InChI=1S/C10H10N2O2/c1-2-3-7-11-9-6-4-5-8(12-9)10(13)14/h4-6H,7H2,1H3,(H,11,12)(H,13,14). The van der Waals surface area contributed by atoms with Crippen LogP contribution in [-0.2, 0) is 0 Å². The molecule has 0 saturated heterocycles. The van der Waals surface area contributed by atoms with Crippen molar-refractivity contribution in [2.75, 3.05) is 11.9 Å². The van der Waals surface area contributed by atoms with Crippen LogP contribution >= 0.6 is 0 Å². The van der Waals surface area contributed by atoms with Gasteiger partial charge in [0.05, 0.1) is 6.54 Å². The number of carboxylic acids is 1. The van der Waals surface area contributed by atoms with E-state index in [1.807, 2.05) is 0 Å². The Balaban J connectivity index is 2.71. The minimum Gasteiger partial charge on any atom is -0.477 e. The molecule has 4 heteroatoms. The Morgan fingerprint density at radius 1 is 1.64 bits per heavy atom. The fourth-order valence-corrected chi connectivity index (χ4v) is 0.875. The lowest BCUT2D eigenvalue weighted by molar-refractivity contribution is 0.0690. The molecule has 1 aromatic heterocycles. The Bertz CT molecular complexity index is 391. The molecule has 1 rings (SSSR count). The normalized spacial score (nSPS) is 8.64. The van der Waals surface area contributed by atoms with Gasteiger partial charge in [-0.2, -0.15) is 0 Å². The second-order valence-electron chi connectivity index (χ2n) is 2.49. The molecule has 0 unspecified atom stereocenters. The molecular weight excluding hydrogens is 180 g/mol. The van der Waals surface area contributed by atoms with E-state index in [2.05, 4.69) is 22.1 Å². The Morgan fingerprint density at radius 3 is 3.07 bits per heavy atom. The number of carbonyl (C=O) groups is 1. The largest absolute Gasteiger partial charge is 0.477 e. The van der Waals surface area contributed by atoms with Gasteiger partial charge in [-0.3, -0.25) is 0 Å². The molecule has 72 valence electrons. The van der Waals surface area contributed by atoms with Gasteiger partial charge in [-0.1, -0.05) is 12.0 Å². The highest BCUT2D eigenvalue weighted by molar-refractivity contribution is 5.85. The maximum Gasteiger partial charge on any atom is 0.354 e. The van der Waals surface area contributed by atoms with E-state index in [1.54, 1.807) is 19.1 Å². The SMILES string of the molecule is CC#CCNc1cccc(C(=O)O)n1. The summed E-state index contributed by atoms with van der Waals surface area (Å²) < 4.78 is 0. The molecule has 0 spiro atoms. The van der Waals surface area contributed by atoms with Gasteiger partial charge in [-0.05, 0) is 19.1 Å². The van der Waals surface area contributed by atoms with Gasteiger partial charge < -0.3 is 10.4 Å². The Labute approximate surface area is 82.0 Å². The van der Waals surface area contributed by atoms with Crippen molar-refractivity contribution in [3.05, 3.63) is 23.9 Å². The predicted molar refractivity (Wildman–Crippen MR) is 53.1 cm³/mol. The van der Waals surface area contributed by atoms with Crippen molar-refractivity contribution >= 4 is 11.8 Å². The Morgan fingerprint density at radius 2 is 2.43 bits per heavy atom. The van der Waals surface area contributed by atoms with Crippen LogP contribution in [0.15, 0.2) is 18.2 Å². The van der Waals surface area contributed by atoms with Gasteiger partial charge in [0.25, 0.3) is 0 Å². The van der Waals surface area contributed by atoms with E-state index in [9.17, 15) is 4.79 Å². The number of hydrogen-bond donors (Lipinski definition) is 2. The number of carboxylic acid groups (broad SMARTS) is 1. The third kappa shape index (κ3) is 2.79. The smallest absolute Gasteiger partial charge is 0.354 e. The van der Waals surface area contributed by atoms with Crippen molar-refractivity contribution in [2.24, 2.45) is 0 Å². The number of nitrogens with one attached hydrogen (secondary N) is 1. The predicted octanol–water partition coefficient (Wildman–Crippen LogP) is 1.21. The van der Waals surface area contributed by atoms with Crippen molar-refractivity contribution in [1.82, 2.24) is 4.98 Å². The zero-order chi connectivity index (χ0) is 10.4. The number of pyridine rings is 1. The fourth-order valence-electron chi connectivity index (χ4n) is 0.875. The zero-order valence-electron chi connectivity index (χ0n) is 7.74. The van der Waals surface area contributed by atoms with E-state index < -0.39 is 5.97 Å². The second kappa shape index (κ2) is 4.87. The van der Waals surface area contributed by atoms with Crippen LogP contribution < -0.4 is 5.32 Å². The summed E-state index contributed by atoms with van der Waals surface area (Å²) in [6.07, 6.45) is 0. The number of aromatic carboxylic acids is 1. The first-order chi connectivity index (χ1) is 6.74. The summed E-state index contributed by atoms with van der Waals surface area (Å²) >= 11 is 0. The summed E-state index contributed by atoms with van der Waals surface area (Å²) in [5.41, 5.74) is 0.0273. The molecule has 1 aromatic rings. The van der Waals surface area contributed by atoms with Crippen molar-refractivity contribution in [3.63, 3.8) is 0 Å². The number of hydrogen-bond acceptors (Lipinski definition) is 3. The second-order valence-corrected chi connectivity index (χ2v) is 2.49. The summed E-state index contributed by atoms with van der Waals surface area (Å²) in [5, 5.41) is 11.6. The summed E-state index contributed by atoms with van der Waals surface area (Å²) in [5.74, 6) is 5.00. The molecule has 1 heterocycles. The van der Waals surface area contributed by atoms with Gasteiger partial charge in [0.2, 0.25) is 0 Å². The highest BCUT2D eigenvalue weighted by Crippen LogP contribution is 2.03. The zero-order valence-corrected chi connectivity index (χ0v) is 7.74. The van der Waals surface area contributed by atoms with Crippen molar-refractivity contribution < 1.29 is 9.90 Å². The van der Waals surface area contributed by atoms with Gasteiger partial charge in [-0.25, -0.2) is 9.78 Å². The van der Waals surface area contributed by atoms with E-state index in [1.165, 1.54) is 6.07 Å². The Hall–Kier alpha value is -2.02. The molecule has 0 aliphatic carbocycles. The first-order valence-corrected chi connectivity index (χ1v) is 4.08. The summed E-state index contributed by atoms with van der Waals surface area (Å²) in [6, 6.07) is 4.78. The maximum absolute atomic E-state index is 10.6. The monoisotopic (exact) mass is 190 g/mol. The van der Waals surface area contributed by atoms with Crippen molar-refractivity contribution in [1.29, 1.82) is 0 Å². The molecule has 4 nitrogen and oxygen atoms in total. The lowest BCUT2D eigenvalue weighted by atomic mass is 10.3. The Kier molecular flexibility index (Phi) is 3.50. The average molecular weight is 190 g/mol. The topological polar surface area (TPSA) is 62.2 Å². The van der Waals surface area contributed by atoms with E-state index in [4.69, 9.17) is 5.11 Å². The molecule has 0 bridgehead atoms. The van der Waals surface area contributed by atoms with E-state index in [0.717, 1.165) is 0 Å². The third-order valence-electron chi connectivity index (χ3n) is 1.50. The van der Waals surface area contributed by atoms with Crippen LogP contribution in [0.5, 0.6) is 0 Å². The van der Waals surface area contributed by atoms with Crippen LogP contribution in [0.1, 0.15) is 17.4 Å². The highest BCUT2D eigenvalue weighted by atomic mass is 16.4. The lowest BCUT2D eigenvalue weighted by Gasteiger charge is -2.01. The molecule has 0 atom stereocenters. The first-order valence-electron chi connectivity index (χ1n) is 4.08. The van der Waals surface area contributed by atoms with Crippen LogP contribution in [0.4, 0.5) is 5.82 Å². The average Bonchev–Trinajstić information content (AvgIpc) is 2.19. The van der Waals surface area contributed by atoms with Gasteiger partial charge in [-0.15, -0.1) is 5.92 Å². The lowest BCUT2D eigenvalue weighted by Crippen LogP contribution is -2.05. The van der Waals surface area contributed by atoms with Crippen LogP contribution in [0.25, 0.3) is 0 Å².